The predicted octanol–water partition coefficient (Wildman–Crippen LogP) is 7.08. The first-order chi connectivity index (χ1) is 22.9. The van der Waals surface area contributed by atoms with E-state index in [0.29, 0.717) is 13.0 Å². The predicted molar refractivity (Wildman–Crippen MR) is 187 cm³/mol. The van der Waals surface area contributed by atoms with Gasteiger partial charge in [-0.15, -0.1) is 0 Å². The van der Waals surface area contributed by atoms with Crippen molar-refractivity contribution in [1.82, 2.24) is 0 Å². The number of unbranched alkanes of at least 4 members (excludes halogenated alkanes) is 16. The first-order valence-corrected chi connectivity index (χ1v) is 18.9. The molecule has 1 heterocycles. The molecule has 4 N–H and O–H groups in total. The van der Waals surface area contributed by atoms with Crippen molar-refractivity contribution < 1.29 is 44.2 Å². The molecule has 9 heteroatoms. The van der Waals surface area contributed by atoms with Crippen molar-refractivity contribution in [2.45, 2.75) is 185 Å². The average molecular weight is 671 g/mol. The first kappa shape index (κ1) is 43.7. The SMILES string of the molecule is CCCCCCC/C=C\C/C=C\CCCCCCCCCCCCOCC(COC1OC(CO)C(O)C(O)C1O)OC(=O)CCCC. The van der Waals surface area contributed by atoms with E-state index in [4.69, 9.17) is 18.9 Å². The molecule has 0 aromatic heterocycles. The number of carbonyl (C=O) groups is 1. The molecule has 0 saturated carbocycles. The van der Waals surface area contributed by atoms with Crippen molar-refractivity contribution in [1.29, 1.82) is 0 Å². The van der Waals surface area contributed by atoms with Crippen molar-refractivity contribution in [3.63, 3.8) is 0 Å². The summed E-state index contributed by atoms with van der Waals surface area (Å²) in [6.07, 6.45) is 26.1. The van der Waals surface area contributed by atoms with Crippen molar-refractivity contribution >= 4 is 5.97 Å². The minimum Gasteiger partial charge on any atom is -0.457 e. The van der Waals surface area contributed by atoms with E-state index in [1.807, 2.05) is 6.92 Å². The summed E-state index contributed by atoms with van der Waals surface area (Å²) in [6.45, 7) is 4.28. The fraction of sp³-hybridized carbons (Fsp3) is 0.868. The molecule has 276 valence electrons. The number of ether oxygens (including phenoxy) is 4. The van der Waals surface area contributed by atoms with Gasteiger partial charge in [0, 0.05) is 13.0 Å². The number of aliphatic hydroxyl groups is 4. The Morgan fingerprint density at radius 1 is 0.681 bits per heavy atom. The number of allylic oxidation sites excluding steroid dienone is 4. The Morgan fingerprint density at radius 3 is 1.81 bits per heavy atom. The Kier molecular flexibility index (Phi) is 28.5. The van der Waals surface area contributed by atoms with Gasteiger partial charge in [-0.3, -0.25) is 4.79 Å². The van der Waals surface area contributed by atoms with Gasteiger partial charge >= 0.3 is 5.97 Å². The summed E-state index contributed by atoms with van der Waals surface area (Å²) in [5.41, 5.74) is 0. The highest BCUT2D eigenvalue weighted by atomic mass is 16.7. The summed E-state index contributed by atoms with van der Waals surface area (Å²) in [5, 5.41) is 39.6. The maximum atomic E-state index is 12.2. The summed E-state index contributed by atoms with van der Waals surface area (Å²) < 4.78 is 22.3. The van der Waals surface area contributed by atoms with Gasteiger partial charge in [0.1, 0.15) is 30.5 Å². The maximum absolute atomic E-state index is 12.2. The monoisotopic (exact) mass is 671 g/mol. The standard InChI is InChI=1S/C38H70O9/c1-3-5-7-8-9-10-11-12-13-14-15-16-17-18-19-20-21-22-23-24-25-26-28-44-30-32(46-34(40)27-6-4-2)31-45-38-37(43)36(42)35(41)33(29-39)47-38/h11-12,14-15,32-33,35-39,41-43H,3-10,13,16-31H2,1-2H3/b12-11-,15-14-. The van der Waals surface area contributed by atoms with Crippen LogP contribution < -0.4 is 0 Å². The quantitative estimate of drug-likeness (QED) is 0.0347. The normalized spacial score (nSPS) is 22.4. The summed E-state index contributed by atoms with van der Waals surface area (Å²) >= 11 is 0. The van der Waals surface area contributed by atoms with E-state index < -0.39 is 43.4 Å². The van der Waals surface area contributed by atoms with Crippen LogP contribution in [0.1, 0.15) is 149 Å². The Labute approximate surface area is 286 Å². The number of hydrogen-bond acceptors (Lipinski definition) is 9. The van der Waals surface area contributed by atoms with Gasteiger partial charge in [0.15, 0.2) is 6.29 Å². The topological polar surface area (TPSA) is 135 Å². The lowest BCUT2D eigenvalue weighted by atomic mass is 9.99. The molecule has 1 aliphatic rings. The van der Waals surface area contributed by atoms with Crippen molar-refractivity contribution in [2.75, 3.05) is 26.4 Å². The zero-order chi connectivity index (χ0) is 34.4. The lowest BCUT2D eigenvalue weighted by Gasteiger charge is -2.39. The maximum Gasteiger partial charge on any atom is 0.306 e. The van der Waals surface area contributed by atoms with Gasteiger partial charge in [0.25, 0.3) is 0 Å². The third-order valence-electron chi connectivity index (χ3n) is 8.62. The molecule has 0 aromatic carbocycles. The molecule has 6 atom stereocenters. The zero-order valence-corrected chi connectivity index (χ0v) is 29.8. The summed E-state index contributed by atoms with van der Waals surface area (Å²) in [4.78, 5) is 12.2. The Hall–Kier alpha value is -1.33. The minimum atomic E-state index is -1.53. The molecular weight excluding hydrogens is 600 g/mol. The van der Waals surface area contributed by atoms with Gasteiger partial charge in [0.2, 0.25) is 0 Å². The van der Waals surface area contributed by atoms with Crippen molar-refractivity contribution in [3.05, 3.63) is 24.3 Å². The highest BCUT2D eigenvalue weighted by Gasteiger charge is 2.44. The van der Waals surface area contributed by atoms with E-state index >= 15 is 0 Å². The second kappa shape index (κ2) is 30.7. The van der Waals surface area contributed by atoms with E-state index in [0.717, 1.165) is 32.1 Å². The lowest BCUT2D eigenvalue weighted by molar-refractivity contribution is -0.305. The van der Waals surface area contributed by atoms with E-state index in [1.165, 1.54) is 96.3 Å². The van der Waals surface area contributed by atoms with Crippen LogP contribution in [-0.4, -0.2) is 89.6 Å². The van der Waals surface area contributed by atoms with E-state index in [1.54, 1.807) is 0 Å². The van der Waals surface area contributed by atoms with Crippen LogP contribution in [-0.2, 0) is 23.7 Å². The van der Waals surface area contributed by atoms with E-state index in [2.05, 4.69) is 31.2 Å². The van der Waals surface area contributed by atoms with Crippen LogP contribution in [0, 0.1) is 0 Å². The van der Waals surface area contributed by atoms with Crippen LogP contribution in [0.15, 0.2) is 24.3 Å². The Morgan fingerprint density at radius 2 is 1.23 bits per heavy atom. The zero-order valence-electron chi connectivity index (χ0n) is 29.8. The summed E-state index contributed by atoms with van der Waals surface area (Å²) in [5.74, 6) is -0.350. The van der Waals surface area contributed by atoms with Gasteiger partial charge < -0.3 is 39.4 Å². The molecule has 0 radical (unpaired) electrons. The number of esters is 1. The van der Waals surface area contributed by atoms with Crippen LogP contribution >= 0.6 is 0 Å². The first-order valence-electron chi connectivity index (χ1n) is 18.9. The van der Waals surface area contributed by atoms with Gasteiger partial charge in [-0.2, -0.15) is 0 Å². The lowest BCUT2D eigenvalue weighted by Crippen LogP contribution is -2.59. The molecule has 0 aromatic rings. The molecule has 1 saturated heterocycles. The highest BCUT2D eigenvalue weighted by molar-refractivity contribution is 5.69. The molecule has 1 fully saturated rings. The third-order valence-corrected chi connectivity index (χ3v) is 8.62. The van der Waals surface area contributed by atoms with Gasteiger partial charge in [-0.05, 0) is 44.9 Å². The van der Waals surface area contributed by atoms with Crippen LogP contribution in [0.5, 0.6) is 0 Å². The van der Waals surface area contributed by atoms with E-state index in [9.17, 15) is 25.2 Å². The molecule has 9 nitrogen and oxygen atoms in total. The van der Waals surface area contributed by atoms with Gasteiger partial charge in [-0.25, -0.2) is 0 Å². The van der Waals surface area contributed by atoms with Crippen LogP contribution in [0.3, 0.4) is 0 Å². The van der Waals surface area contributed by atoms with Gasteiger partial charge in [0.05, 0.1) is 19.8 Å². The smallest absolute Gasteiger partial charge is 0.306 e. The average Bonchev–Trinajstić information content (AvgIpc) is 3.07. The molecular formula is C38H70O9. The van der Waals surface area contributed by atoms with E-state index in [-0.39, 0.29) is 19.2 Å². The minimum absolute atomic E-state index is 0.117. The van der Waals surface area contributed by atoms with Crippen LogP contribution in [0.2, 0.25) is 0 Å². The fourth-order valence-corrected chi connectivity index (χ4v) is 5.56. The molecule has 47 heavy (non-hydrogen) atoms. The molecule has 0 amide bonds. The second-order valence-corrected chi connectivity index (χ2v) is 13.0. The fourth-order valence-electron chi connectivity index (χ4n) is 5.56. The second-order valence-electron chi connectivity index (χ2n) is 13.0. The highest BCUT2D eigenvalue weighted by Crippen LogP contribution is 2.22. The van der Waals surface area contributed by atoms with Crippen LogP contribution in [0.4, 0.5) is 0 Å². The number of carbonyl (C=O) groups excluding carboxylic acids is 1. The Bertz CT molecular complexity index is 772. The third kappa shape index (κ3) is 22.8. The number of hydrogen-bond donors (Lipinski definition) is 4. The summed E-state index contributed by atoms with van der Waals surface area (Å²) in [6, 6.07) is 0. The largest absolute Gasteiger partial charge is 0.457 e. The molecule has 1 rings (SSSR count). The Balaban J connectivity index is 2.07. The number of rotatable bonds is 31. The van der Waals surface area contributed by atoms with Crippen LogP contribution in [0.25, 0.3) is 0 Å². The number of aliphatic hydroxyl groups excluding tert-OH is 4. The van der Waals surface area contributed by atoms with Crippen molar-refractivity contribution in [2.24, 2.45) is 0 Å². The molecule has 1 aliphatic heterocycles. The molecule has 0 spiro atoms. The summed E-state index contributed by atoms with van der Waals surface area (Å²) in [7, 11) is 0. The van der Waals surface area contributed by atoms with Gasteiger partial charge in [-0.1, -0.05) is 122 Å². The molecule has 0 bridgehead atoms. The molecule has 6 unspecified atom stereocenters. The molecule has 0 aliphatic carbocycles. The van der Waals surface area contributed by atoms with Crippen molar-refractivity contribution in [3.8, 4) is 0 Å².